The van der Waals surface area contributed by atoms with Gasteiger partial charge in [0, 0.05) is 10.4 Å². The maximum absolute atomic E-state index is 6.33. The number of fused-ring (bicyclic) bond motifs is 3. The summed E-state index contributed by atoms with van der Waals surface area (Å²) in [7, 11) is 0. The number of anilines is 1. The molecule has 142 valence electrons. The van der Waals surface area contributed by atoms with Gasteiger partial charge in [-0.2, -0.15) is 4.80 Å². The van der Waals surface area contributed by atoms with Crippen LogP contribution >= 0.6 is 11.3 Å². The topological polar surface area (TPSA) is 95.4 Å². The van der Waals surface area contributed by atoms with Gasteiger partial charge in [0.05, 0.1) is 5.39 Å². The second-order valence-electron chi connectivity index (χ2n) is 7.28. The van der Waals surface area contributed by atoms with E-state index in [1.807, 2.05) is 24.3 Å². The quantitative estimate of drug-likeness (QED) is 0.537. The third-order valence-corrected chi connectivity index (χ3v) is 6.37. The molecule has 0 bridgehead atoms. The van der Waals surface area contributed by atoms with Crippen LogP contribution in [-0.2, 0) is 19.4 Å². The Labute approximate surface area is 166 Å². The first-order valence-electron chi connectivity index (χ1n) is 9.59. The number of nitrogen functional groups attached to an aromatic ring is 1. The second kappa shape index (κ2) is 6.94. The summed E-state index contributed by atoms with van der Waals surface area (Å²) in [5.74, 6) is 1.78. The summed E-state index contributed by atoms with van der Waals surface area (Å²) in [6.07, 6.45) is 5.93. The minimum atomic E-state index is 0.349. The fraction of sp³-hybridized carbons (Fsp3) is 0.350. The van der Waals surface area contributed by atoms with Gasteiger partial charge in [-0.3, -0.25) is 0 Å². The third kappa shape index (κ3) is 3.13. The lowest BCUT2D eigenvalue weighted by Gasteiger charge is -2.04. The number of hydrogen-bond donors (Lipinski definition) is 1. The highest BCUT2D eigenvalue weighted by Gasteiger charge is 2.19. The molecular formula is C20H21N7S. The van der Waals surface area contributed by atoms with Crippen molar-refractivity contribution in [2.45, 2.75) is 45.6 Å². The van der Waals surface area contributed by atoms with E-state index in [0.717, 1.165) is 28.6 Å². The molecule has 1 aliphatic rings. The Morgan fingerprint density at radius 3 is 2.75 bits per heavy atom. The lowest BCUT2D eigenvalue weighted by molar-refractivity contribution is 0.556. The number of benzene rings is 1. The smallest absolute Gasteiger partial charge is 0.204 e. The van der Waals surface area contributed by atoms with Gasteiger partial charge in [0.15, 0.2) is 5.82 Å². The Balaban J connectivity index is 1.45. The fourth-order valence-electron chi connectivity index (χ4n) is 3.73. The van der Waals surface area contributed by atoms with E-state index in [2.05, 4.69) is 27.3 Å². The summed E-state index contributed by atoms with van der Waals surface area (Å²) >= 11 is 1.76. The summed E-state index contributed by atoms with van der Waals surface area (Å²) in [5, 5.41) is 13.8. The molecule has 0 radical (unpaired) electrons. The molecule has 0 saturated carbocycles. The average molecular weight is 392 g/mol. The van der Waals surface area contributed by atoms with Crippen LogP contribution in [0.25, 0.3) is 21.6 Å². The lowest BCUT2D eigenvalue weighted by atomic mass is 10.1. The van der Waals surface area contributed by atoms with Crippen LogP contribution < -0.4 is 5.73 Å². The number of rotatable bonds is 3. The Kier molecular flexibility index (Phi) is 4.27. The summed E-state index contributed by atoms with van der Waals surface area (Å²) < 4.78 is 0. The van der Waals surface area contributed by atoms with Gasteiger partial charge in [0.1, 0.15) is 17.2 Å². The minimum absolute atomic E-state index is 0.349. The molecule has 4 aromatic rings. The summed E-state index contributed by atoms with van der Waals surface area (Å²) in [6, 6.07) is 8.06. The molecule has 0 aliphatic heterocycles. The molecule has 0 saturated heterocycles. The normalized spacial score (nSPS) is 14.2. The van der Waals surface area contributed by atoms with Crippen molar-refractivity contribution in [3.63, 3.8) is 0 Å². The van der Waals surface area contributed by atoms with Gasteiger partial charge in [-0.05, 0) is 43.4 Å². The zero-order valence-corrected chi connectivity index (χ0v) is 16.5. The zero-order valence-electron chi connectivity index (χ0n) is 15.7. The number of tetrazole rings is 1. The van der Waals surface area contributed by atoms with E-state index in [4.69, 9.17) is 10.7 Å². The van der Waals surface area contributed by atoms with Crippen LogP contribution in [0.4, 0.5) is 5.82 Å². The van der Waals surface area contributed by atoms with Crippen LogP contribution in [0, 0.1) is 6.92 Å². The molecule has 1 aromatic carbocycles. The van der Waals surface area contributed by atoms with Crippen LogP contribution in [0.2, 0.25) is 0 Å². The van der Waals surface area contributed by atoms with Crippen LogP contribution in [0.15, 0.2) is 24.3 Å². The largest absolute Gasteiger partial charge is 0.383 e. The number of nitrogens with two attached hydrogens (primary N) is 1. The monoisotopic (exact) mass is 391 g/mol. The molecule has 0 unspecified atom stereocenters. The van der Waals surface area contributed by atoms with E-state index in [0.29, 0.717) is 24.0 Å². The van der Waals surface area contributed by atoms with Crippen molar-refractivity contribution < 1.29 is 0 Å². The molecule has 2 N–H and O–H groups in total. The highest BCUT2D eigenvalue weighted by molar-refractivity contribution is 7.19. The SMILES string of the molecule is Cc1ccc(-c2nnn(Cc3nc(N)c4c5c(sc4n3)CCCCC5)n2)cc1. The molecule has 5 rings (SSSR count). The van der Waals surface area contributed by atoms with E-state index in [9.17, 15) is 0 Å². The highest BCUT2D eigenvalue weighted by Crippen LogP contribution is 2.37. The van der Waals surface area contributed by atoms with Gasteiger partial charge < -0.3 is 5.73 Å². The molecule has 0 amide bonds. The van der Waals surface area contributed by atoms with Crippen molar-refractivity contribution in [3.8, 4) is 11.4 Å². The van der Waals surface area contributed by atoms with Gasteiger partial charge in [0.25, 0.3) is 0 Å². The van der Waals surface area contributed by atoms with Crippen LogP contribution in [0.5, 0.6) is 0 Å². The fourth-order valence-corrected chi connectivity index (χ4v) is 5.02. The van der Waals surface area contributed by atoms with Crippen molar-refractivity contribution in [2.24, 2.45) is 0 Å². The van der Waals surface area contributed by atoms with Crippen molar-refractivity contribution in [2.75, 3.05) is 5.73 Å². The van der Waals surface area contributed by atoms with Crippen molar-refractivity contribution >= 4 is 27.4 Å². The Morgan fingerprint density at radius 2 is 1.89 bits per heavy atom. The van der Waals surface area contributed by atoms with Crippen LogP contribution in [0.1, 0.15) is 41.1 Å². The van der Waals surface area contributed by atoms with E-state index >= 15 is 0 Å². The summed E-state index contributed by atoms with van der Waals surface area (Å²) in [6.45, 7) is 2.40. The first-order valence-corrected chi connectivity index (χ1v) is 10.4. The molecule has 1 aliphatic carbocycles. The lowest BCUT2D eigenvalue weighted by Crippen LogP contribution is -2.09. The highest BCUT2D eigenvalue weighted by atomic mass is 32.1. The number of hydrogen-bond acceptors (Lipinski definition) is 7. The van der Waals surface area contributed by atoms with Gasteiger partial charge in [-0.15, -0.1) is 21.5 Å². The Bertz CT molecular complexity index is 1140. The predicted molar refractivity (Wildman–Crippen MR) is 110 cm³/mol. The van der Waals surface area contributed by atoms with Crippen molar-refractivity contribution in [3.05, 3.63) is 46.1 Å². The molecule has 0 spiro atoms. The number of aromatic nitrogens is 6. The number of nitrogens with zero attached hydrogens (tertiary/aromatic N) is 6. The molecule has 8 heteroatoms. The number of aryl methyl sites for hydroxylation is 3. The van der Waals surface area contributed by atoms with Gasteiger partial charge in [0.2, 0.25) is 5.82 Å². The average Bonchev–Trinajstić information content (AvgIpc) is 3.20. The Hall–Kier alpha value is -2.87. The molecule has 0 atom stereocenters. The van der Waals surface area contributed by atoms with Gasteiger partial charge in [-0.25, -0.2) is 9.97 Å². The molecule has 3 aromatic heterocycles. The first kappa shape index (κ1) is 17.2. The van der Waals surface area contributed by atoms with E-state index in [-0.39, 0.29) is 0 Å². The maximum Gasteiger partial charge on any atom is 0.204 e. The molecular weight excluding hydrogens is 370 g/mol. The Morgan fingerprint density at radius 1 is 1.07 bits per heavy atom. The minimum Gasteiger partial charge on any atom is -0.383 e. The third-order valence-electron chi connectivity index (χ3n) is 5.18. The summed E-state index contributed by atoms with van der Waals surface area (Å²) in [4.78, 5) is 13.2. The van der Waals surface area contributed by atoms with E-state index < -0.39 is 0 Å². The van der Waals surface area contributed by atoms with Gasteiger partial charge >= 0.3 is 0 Å². The van der Waals surface area contributed by atoms with Crippen molar-refractivity contribution in [1.29, 1.82) is 0 Å². The van der Waals surface area contributed by atoms with Crippen LogP contribution in [0.3, 0.4) is 0 Å². The zero-order chi connectivity index (χ0) is 19.1. The molecule has 0 fully saturated rings. The van der Waals surface area contributed by atoms with E-state index in [1.54, 1.807) is 11.3 Å². The molecule has 3 heterocycles. The molecule has 7 nitrogen and oxygen atoms in total. The van der Waals surface area contributed by atoms with Crippen LogP contribution in [-0.4, -0.2) is 30.2 Å². The standard InChI is InChI=1S/C20H21N7S/c1-12-7-9-13(10-8-12)19-24-26-27(25-19)11-16-22-18(21)17-14-5-3-2-4-6-15(14)28-20(17)23-16/h7-10H,2-6,11H2,1H3,(H2,21,22,23). The van der Waals surface area contributed by atoms with Gasteiger partial charge in [-0.1, -0.05) is 36.2 Å². The van der Waals surface area contributed by atoms with E-state index in [1.165, 1.54) is 40.1 Å². The maximum atomic E-state index is 6.33. The first-order chi connectivity index (χ1) is 13.7. The molecule has 28 heavy (non-hydrogen) atoms. The predicted octanol–water partition coefficient (Wildman–Crippen LogP) is 3.55. The second-order valence-corrected chi connectivity index (χ2v) is 8.36. The summed E-state index contributed by atoms with van der Waals surface area (Å²) in [5.41, 5.74) is 9.83. The number of thiophene rings is 1. The van der Waals surface area contributed by atoms with Crippen molar-refractivity contribution in [1.82, 2.24) is 30.2 Å².